The molecule has 3 aromatic carbocycles. The van der Waals surface area contributed by atoms with Crippen LogP contribution >= 0.6 is 0 Å². The van der Waals surface area contributed by atoms with Gasteiger partial charge in [0.1, 0.15) is 5.82 Å². The van der Waals surface area contributed by atoms with Crippen LogP contribution < -0.4 is 0 Å². The van der Waals surface area contributed by atoms with E-state index in [1.807, 2.05) is 42.5 Å². The van der Waals surface area contributed by atoms with Crippen molar-refractivity contribution in [3.63, 3.8) is 0 Å². The highest BCUT2D eigenvalue weighted by Gasteiger charge is 2.13. The third kappa shape index (κ3) is 5.98. The van der Waals surface area contributed by atoms with E-state index in [9.17, 15) is 9.90 Å². The number of carbonyl (C=O) groups is 1. The van der Waals surface area contributed by atoms with Gasteiger partial charge < -0.3 is 5.11 Å². The van der Waals surface area contributed by atoms with Gasteiger partial charge in [0.25, 0.3) is 0 Å². The lowest BCUT2D eigenvalue weighted by molar-refractivity contribution is 0.0697. The van der Waals surface area contributed by atoms with Gasteiger partial charge in [-0.05, 0) is 34.7 Å². The summed E-state index contributed by atoms with van der Waals surface area (Å²) in [6, 6.07) is 25.5. The summed E-state index contributed by atoms with van der Waals surface area (Å²) in [4.78, 5) is 16.5. The molecule has 0 unspecified atom stereocenters. The summed E-state index contributed by atoms with van der Waals surface area (Å²) in [6.45, 7) is 3.10. The zero-order valence-electron chi connectivity index (χ0n) is 19.7. The number of aromatic carboxylic acids is 1. The van der Waals surface area contributed by atoms with Crippen molar-refractivity contribution in [2.75, 3.05) is 0 Å². The van der Waals surface area contributed by atoms with E-state index >= 15 is 0 Å². The topological polar surface area (TPSA) is 68.0 Å². The highest BCUT2D eigenvalue weighted by molar-refractivity contribution is 5.95. The van der Waals surface area contributed by atoms with E-state index in [-0.39, 0.29) is 0 Å². The lowest BCUT2D eigenvalue weighted by Gasteiger charge is -2.08. The third-order valence-corrected chi connectivity index (χ3v) is 6.01. The fraction of sp³-hybridized carbons (Fsp3) is 0.276. The summed E-state index contributed by atoms with van der Waals surface area (Å²) in [7, 11) is 0. The summed E-state index contributed by atoms with van der Waals surface area (Å²) in [5.74, 6) is 0.909. The van der Waals surface area contributed by atoms with E-state index in [0.717, 1.165) is 47.7 Å². The van der Waals surface area contributed by atoms with Gasteiger partial charge in [0, 0.05) is 19.4 Å². The molecule has 0 amide bonds. The van der Waals surface area contributed by atoms with Crippen LogP contribution in [0, 0.1) is 0 Å². The number of benzene rings is 3. The number of rotatable bonds is 11. The Morgan fingerprint density at radius 2 is 1.53 bits per heavy atom. The number of aromatic nitrogens is 3. The van der Waals surface area contributed by atoms with Gasteiger partial charge in [0.05, 0.1) is 5.56 Å². The summed E-state index contributed by atoms with van der Waals surface area (Å²) in [5.41, 5.74) is 4.27. The van der Waals surface area contributed by atoms with Crippen LogP contribution in [0.3, 0.4) is 0 Å². The van der Waals surface area contributed by atoms with Gasteiger partial charge in [0.2, 0.25) is 0 Å². The molecule has 1 N–H and O–H groups in total. The standard InChI is InChI=1S/C29H31N3O2/c1-2-3-4-10-19-32-28(30-27(31-32)20-22-11-6-5-7-12-22)21-23-15-17-24(18-16-23)25-13-8-9-14-26(25)29(33)34/h5-9,11-18H,2-4,10,19-21H2,1H3,(H,33,34). The van der Waals surface area contributed by atoms with Crippen molar-refractivity contribution in [1.29, 1.82) is 0 Å². The number of hydrogen-bond acceptors (Lipinski definition) is 3. The molecule has 0 aliphatic carbocycles. The number of unbranched alkanes of at least 4 members (excludes halogenated alkanes) is 3. The zero-order chi connectivity index (χ0) is 23.8. The molecular weight excluding hydrogens is 422 g/mol. The smallest absolute Gasteiger partial charge is 0.336 e. The molecule has 0 radical (unpaired) electrons. The van der Waals surface area contributed by atoms with Gasteiger partial charge in [0.15, 0.2) is 5.82 Å². The fourth-order valence-corrected chi connectivity index (χ4v) is 4.18. The van der Waals surface area contributed by atoms with Crippen molar-refractivity contribution in [1.82, 2.24) is 14.8 Å². The number of carboxylic acid groups (broad SMARTS) is 1. The maximum atomic E-state index is 11.6. The Hall–Kier alpha value is -3.73. The van der Waals surface area contributed by atoms with Crippen LogP contribution in [0.5, 0.6) is 0 Å². The maximum absolute atomic E-state index is 11.6. The van der Waals surface area contributed by atoms with Gasteiger partial charge in [-0.2, -0.15) is 5.10 Å². The molecule has 0 aliphatic heterocycles. The molecule has 0 bridgehead atoms. The molecule has 4 rings (SSSR count). The Morgan fingerprint density at radius 1 is 0.824 bits per heavy atom. The Kier molecular flexibility index (Phi) is 7.87. The first-order chi connectivity index (χ1) is 16.6. The van der Waals surface area contributed by atoms with Crippen LogP contribution in [-0.4, -0.2) is 25.8 Å². The first kappa shape index (κ1) is 23.4. The summed E-state index contributed by atoms with van der Waals surface area (Å²) in [6.07, 6.45) is 6.15. The average Bonchev–Trinajstić information content (AvgIpc) is 3.23. The van der Waals surface area contributed by atoms with Crippen LogP contribution in [0.1, 0.15) is 65.7 Å². The molecule has 5 heteroatoms. The highest BCUT2D eigenvalue weighted by atomic mass is 16.4. The van der Waals surface area contributed by atoms with Crippen LogP contribution in [0.25, 0.3) is 11.1 Å². The first-order valence-electron chi connectivity index (χ1n) is 12.0. The quantitative estimate of drug-likeness (QED) is 0.267. The Bertz CT molecular complexity index is 1210. The summed E-state index contributed by atoms with van der Waals surface area (Å²) >= 11 is 0. The lowest BCUT2D eigenvalue weighted by Crippen LogP contribution is -2.07. The van der Waals surface area contributed by atoms with Gasteiger partial charge in [-0.15, -0.1) is 0 Å². The third-order valence-electron chi connectivity index (χ3n) is 6.01. The minimum atomic E-state index is -0.915. The van der Waals surface area contributed by atoms with Crippen molar-refractivity contribution in [3.05, 3.63) is 107 Å². The van der Waals surface area contributed by atoms with Crippen molar-refractivity contribution in [2.45, 2.75) is 52.0 Å². The molecule has 5 nitrogen and oxygen atoms in total. The number of nitrogens with zero attached hydrogens (tertiary/aromatic N) is 3. The van der Waals surface area contributed by atoms with Gasteiger partial charge >= 0.3 is 5.97 Å². The SMILES string of the molecule is CCCCCCn1nc(Cc2ccccc2)nc1Cc1ccc(-c2ccccc2C(=O)O)cc1. The second-order valence-corrected chi connectivity index (χ2v) is 8.61. The van der Waals surface area contributed by atoms with Crippen molar-refractivity contribution in [3.8, 4) is 11.1 Å². The number of hydrogen-bond donors (Lipinski definition) is 1. The molecule has 0 fully saturated rings. The average molecular weight is 454 g/mol. The summed E-state index contributed by atoms with van der Waals surface area (Å²) in [5, 5.41) is 14.3. The minimum Gasteiger partial charge on any atom is -0.478 e. The molecule has 0 saturated heterocycles. The van der Waals surface area contributed by atoms with Crippen molar-refractivity contribution >= 4 is 5.97 Å². The second-order valence-electron chi connectivity index (χ2n) is 8.61. The van der Waals surface area contributed by atoms with Crippen molar-refractivity contribution < 1.29 is 9.90 Å². The molecule has 1 aromatic heterocycles. The summed E-state index contributed by atoms with van der Waals surface area (Å²) < 4.78 is 2.07. The van der Waals surface area contributed by atoms with Crippen LogP contribution in [-0.2, 0) is 19.4 Å². The molecule has 1 heterocycles. The molecule has 34 heavy (non-hydrogen) atoms. The molecule has 0 saturated carbocycles. The van der Waals surface area contributed by atoms with E-state index in [1.54, 1.807) is 12.1 Å². The zero-order valence-corrected chi connectivity index (χ0v) is 19.7. The molecule has 0 spiro atoms. The molecule has 0 aliphatic rings. The molecule has 174 valence electrons. The van der Waals surface area contributed by atoms with Crippen LogP contribution in [0.15, 0.2) is 78.9 Å². The van der Waals surface area contributed by atoms with E-state index in [1.165, 1.54) is 24.8 Å². The van der Waals surface area contributed by atoms with E-state index in [2.05, 4.69) is 35.9 Å². The molecule has 4 aromatic rings. The highest BCUT2D eigenvalue weighted by Crippen LogP contribution is 2.25. The van der Waals surface area contributed by atoms with Gasteiger partial charge in [-0.3, -0.25) is 0 Å². The predicted octanol–water partition coefficient (Wildman–Crippen LogP) is 6.41. The Labute approximate surface area is 201 Å². The van der Waals surface area contributed by atoms with E-state index < -0.39 is 5.97 Å². The minimum absolute atomic E-state index is 0.313. The Morgan fingerprint density at radius 3 is 2.26 bits per heavy atom. The van der Waals surface area contributed by atoms with Crippen LogP contribution in [0.4, 0.5) is 0 Å². The Balaban J connectivity index is 1.54. The second kappa shape index (κ2) is 11.4. The number of aryl methyl sites for hydroxylation is 1. The predicted molar refractivity (Wildman–Crippen MR) is 135 cm³/mol. The maximum Gasteiger partial charge on any atom is 0.336 e. The van der Waals surface area contributed by atoms with Gasteiger partial charge in [-0.1, -0.05) is 99.0 Å². The largest absolute Gasteiger partial charge is 0.478 e. The van der Waals surface area contributed by atoms with E-state index in [4.69, 9.17) is 10.1 Å². The fourth-order valence-electron chi connectivity index (χ4n) is 4.18. The monoisotopic (exact) mass is 453 g/mol. The van der Waals surface area contributed by atoms with Crippen molar-refractivity contribution in [2.24, 2.45) is 0 Å². The first-order valence-corrected chi connectivity index (χ1v) is 12.0. The van der Waals surface area contributed by atoms with E-state index in [0.29, 0.717) is 12.0 Å². The molecule has 0 atom stereocenters. The number of carboxylic acids is 1. The normalized spacial score (nSPS) is 11.0. The molecular formula is C29H31N3O2. The van der Waals surface area contributed by atoms with Gasteiger partial charge in [-0.25, -0.2) is 14.5 Å². The lowest BCUT2D eigenvalue weighted by atomic mass is 9.98. The van der Waals surface area contributed by atoms with Crippen LogP contribution in [0.2, 0.25) is 0 Å².